The van der Waals surface area contributed by atoms with Gasteiger partial charge in [0.05, 0.1) is 0 Å². The van der Waals surface area contributed by atoms with E-state index >= 15 is 0 Å². The number of nitrogens with zero attached hydrogens (tertiary/aromatic N) is 2. The van der Waals surface area contributed by atoms with E-state index in [0.717, 1.165) is 61.7 Å². The van der Waals surface area contributed by atoms with Crippen molar-refractivity contribution >= 4 is 49.7 Å². The molecular weight excluding hydrogens is 597 g/mol. The van der Waals surface area contributed by atoms with Gasteiger partial charge in [-0.15, -0.1) is 0 Å². The molecule has 1 aromatic heterocycles. The van der Waals surface area contributed by atoms with Crippen LogP contribution in [0.3, 0.4) is 0 Å². The molecule has 1 aliphatic rings. The Morgan fingerprint density at radius 1 is 0.469 bits per heavy atom. The van der Waals surface area contributed by atoms with E-state index < -0.39 is 0 Å². The number of hydrogen-bond acceptors (Lipinski definition) is 3. The molecule has 1 aliphatic carbocycles. The molecule has 230 valence electrons. The average Bonchev–Trinajstić information content (AvgIpc) is 3.77. The normalized spacial score (nSPS) is 12.0. The highest BCUT2D eigenvalue weighted by atomic mass is 16.3. The molecular formula is C46H30N2O. The molecule has 49 heavy (non-hydrogen) atoms. The van der Waals surface area contributed by atoms with Crippen molar-refractivity contribution in [2.24, 2.45) is 0 Å². The van der Waals surface area contributed by atoms with E-state index in [1.54, 1.807) is 0 Å². The predicted octanol–water partition coefficient (Wildman–Crippen LogP) is 12.5. The van der Waals surface area contributed by atoms with Crippen LogP contribution in [-0.2, 0) is 6.42 Å². The Balaban J connectivity index is 1.19. The van der Waals surface area contributed by atoms with Crippen molar-refractivity contribution in [3.63, 3.8) is 0 Å². The molecule has 9 aromatic rings. The third kappa shape index (κ3) is 4.62. The molecule has 0 amide bonds. The number of aromatic nitrogens is 1. The molecule has 10 rings (SSSR count). The molecule has 0 fully saturated rings. The van der Waals surface area contributed by atoms with Crippen LogP contribution < -0.4 is 4.90 Å². The van der Waals surface area contributed by atoms with Gasteiger partial charge in [0.25, 0.3) is 0 Å². The van der Waals surface area contributed by atoms with Crippen molar-refractivity contribution in [3.05, 3.63) is 181 Å². The summed E-state index contributed by atoms with van der Waals surface area (Å²) in [5.41, 5.74) is 13.7. The Bertz CT molecular complexity index is 2690. The minimum absolute atomic E-state index is 0.634. The van der Waals surface area contributed by atoms with Gasteiger partial charge in [-0.1, -0.05) is 115 Å². The summed E-state index contributed by atoms with van der Waals surface area (Å²) in [5, 5.41) is 4.49. The number of rotatable bonds is 5. The molecule has 0 spiro atoms. The second-order valence-electron chi connectivity index (χ2n) is 12.8. The molecule has 0 atom stereocenters. The number of anilines is 3. The van der Waals surface area contributed by atoms with Gasteiger partial charge < -0.3 is 9.32 Å². The van der Waals surface area contributed by atoms with E-state index in [1.807, 2.05) is 30.3 Å². The molecule has 0 N–H and O–H groups in total. The minimum atomic E-state index is 0.634. The summed E-state index contributed by atoms with van der Waals surface area (Å²) >= 11 is 0. The summed E-state index contributed by atoms with van der Waals surface area (Å²) in [4.78, 5) is 7.30. The van der Waals surface area contributed by atoms with Crippen LogP contribution in [0.25, 0.3) is 66.4 Å². The third-order valence-electron chi connectivity index (χ3n) is 9.86. The highest BCUT2D eigenvalue weighted by Gasteiger charge is 2.22. The average molecular weight is 627 g/mol. The monoisotopic (exact) mass is 626 g/mol. The standard InChI is InChI=1S/C46H30N2O/c1-3-10-30(11-4-1)34-15-9-16-37(27-34)48(38-23-24-41-36(28-38)26-35-14-7-8-17-40(35)41)39-22-20-31-18-19-32-21-25-43-45(44(32)42(31)29-39)49-46(47-43)33-12-5-2-6-13-33/h1-25,27-29H,26H2. The summed E-state index contributed by atoms with van der Waals surface area (Å²) in [5.74, 6) is 0.634. The first kappa shape index (κ1) is 27.6. The quantitative estimate of drug-likeness (QED) is 0.178. The fourth-order valence-corrected chi connectivity index (χ4v) is 7.53. The van der Waals surface area contributed by atoms with Gasteiger partial charge in [0.1, 0.15) is 5.52 Å². The van der Waals surface area contributed by atoms with Crippen molar-refractivity contribution in [2.75, 3.05) is 4.90 Å². The lowest BCUT2D eigenvalue weighted by atomic mass is 9.99. The summed E-state index contributed by atoms with van der Waals surface area (Å²) in [6, 6.07) is 60.7. The molecule has 1 heterocycles. The maximum Gasteiger partial charge on any atom is 0.227 e. The smallest absolute Gasteiger partial charge is 0.227 e. The maximum atomic E-state index is 6.57. The Hall–Kier alpha value is -6.45. The van der Waals surface area contributed by atoms with Gasteiger partial charge in [0.2, 0.25) is 5.89 Å². The largest absolute Gasteiger partial charge is 0.435 e. The van der Waals surface area contributed by atoms with Crippen LogP contribution >= 0.6 is 0 Å². The molecule has 0 unspecified atom stereocenters. The fourth-order valence-electron chi connectivity index (χ4n) is 7.53. The zero-order valence-corrected chi connectivity index (χ0v) is 26.7. The van der Waals surface area contributed by atoms with E-state index in [-0.39, 0.29) is 0 Å². The van der Waals surface area contributed by atoms with E-state index in [9.17, 15) is 0 Å². The Morgan fingerprint density at radius 3 is 2.00 bits per heavy atom. The van der Waals surface area contributed by atoms with E-state index in [1.165, 1.54) is 33.4 Å². The van der Waals surface area contributed by atoms with Crippen molar-refractivity contribution in [1.29, 1.82) is 0 Å². The van der Waals surface area contributed by atoms with Gasteiger partial charge in [0.15, 0.2) is 5.58 Å². The van der Waals surface area contributed by atoms with Crippen LogP contribution in [0.15, 0.2) is 174 Å². The Kier molecular flexibility index (Phi) is 6.25. The van der Waals surface area contributed by atoms with E-state index in [0.29, 0.717) is 5.89 Å². The van der Waals surface area contributed by atoms with Crippen LogP contribution in [0.1, 0.15) is 11.1 Å². The SMILES string of the molecule is c1ccc(-c2cccc(N(c3ccc4c(c3)Cc3ccccc3-4)c3ccc4ccc5ccc6nc(-c7ccccc7)oc6c5c4c3)c2)cc1. The lowest BCUT2D eigenvalue weighted by Crippen LogP contribution is -2.10. The predicted molar refractivity (Wildman–Crippen MR) is 203 cm³/mol. The second kappa shape index (κ2) is 11.1. The third-order valence-corrected chi connectivity index (χ3v) is 9.86. The molecule has 0 aliphatic heterocycles. The lowest BCUT2D eigenvalue weighted by molar-refractivity contribution is 0.623. The number of benzene rings is 8. The maximum absolute atomic E-state index is 6.57. The van der Waals surface area contributed by atoms with Gasteiger partial charge in [-0.3, -0.25) is 0 Å². The van der Waals surface area contributed by atoms with E-state index in [4.69, 9.17) is 9.40 Å². The lowest BCUT2D eigenvalue weighted by Gasteiger charge is -2.27. The van der Waals surface area contributed by atoms with Gasteiger partial charge in [-0.25, -0.2) is 4.98 Å². The summed E-state index contributed by atoms with van der Waals surface area (Å²) in [7, 11) is 0. The van der Waals surface area contributed by atoms with Gasteiger partial charge in [0, 0.05) is 28.0 Å². The highest BCUT2D eigenvalue weighted by Crippen LogP contribution is 2.44. The van der Waals surface area contributed by atoms with E-state index in [2.05, 4.69) is 144 Å². The molecule has 3 heteroatoms. The van der Waals surface area contributed by atoms with Crippen molar-refractivity contribution < 1.29 is 4.42 Å². The number of oxazole rings is 1. The Morgan fingerprint density at radius 2 is 1.12 bits per heavy atom. The summed E-state index contributed by atoms with van der Waals surface area (Å²) < 4.78 is 6.57. The molecule has 0 radical (unpaired) electrons. The van der Waals surface area contributed by atoms with Gasteiger partial charge in [-0.05, 0) is 111 Å². The van der Waals surface area contributed by atoms with Crippen LogP contribution in [-0.4, -0.2) is 4.98 Å². The van der Waals surface area contributed by atoms with Gasteiger partial charge in [-0.2, -0.15) is 0 Å². The van der Waals surface area contributed by atoms with Crippen molar-refractivity contribution in [3.8, 4) is 33.7 Å². The number of fused-ring (bicyclic) bond motifs is 8. The van der Waals surface area contributed by atoms with Crippen LogP contribution in [0.4, 0.5) is 17.1 Å². The zero-order chi connectivity index (χ0) is 32.3. The van der Waals surface area contributed by atoms with Crippen LogP contribution in [0, 0.1) is 0 Å². The number of hydrogen-bond donors (Lipinski definition) is 0. The highest BCUT2D eigenvalue weighted by molar-refractivity contribution is 6.18. The molecule has 0 saturated carbocycles. The van der Waals surface area contributed by atoms with Crippen LogP contribution in [0.2, 0.25) is 0 Å². The summed E-state index contributed by atoms with van der Waals surface area (Å²) in [6.45, 7) is 0. The topological polar surface area (TPSA) is 29.3 Å². The van der Waals surface area contributed by atoms with Crippen molar-refractivity contribution in [1.82, 2.24) is 4.98 Å². The minimum Gasteiger partial charge on any atom is -0.435 e. The van der Waals surface area contributed by atoms with Crippen molar-refractivity contribution in [2.45, 2.75) is 6.42 Å². The Labute approximate surface area is 284 Å². The molecule has 0 bridgehead atoms. The fraction of sp³-hybridized carbons (Fsp3) is 0.0217. The zero-order valence-electron chi connectivity index (χ0n) is 26.7. The van der Waals surface area contributed by atoms with Gasteiger partial charge >= 0.3 is 0 Å². The van der Waals surface area contributed by atoms with Crippen LogP contribution in [0.5, 0.6) is 0 Å². The first-order chi connectivity index (χ1) is 24.3. The first-order valence-corrected chi connectivity index (χ1v) is 16.8. The molecule has 0 saturated heterocycles. The first-order valence-electron chi connectivity index (χ1n) is 16.8. The summed E-state index contributed by atoms with van der Waals surface area (Å²) in [6.07, 6.45) is 0.937. The second-order valence-corrected chi connectivity index (χ2v) is 12.8. The molecule has 8 aromatic carbocycles. The molecule has 3 nitrogen and oxygen atoms in total.